The van der Waals surface area contributed by atoms with E-state index in [-0.39, 0.29) is 5.15 Å². The van der Waals surface area contributed by atoms with Crippen molar-refractivity contribution >= 4 is 28.1 Å². The van der Waals surface area contributed by atoms with Gasteiger partial charge in [-0.25, -0.2) is 9.97 Å². The molecule has 0 fully saturated rings. The number of ether oxygens (including phenoxy) is 1. The number of nitrogens with one attached hydrogen (secondary N) is 1. The molecule has 0 atom stereocenters. The van der Waals surface area contributed by atoms with Crippen LogP contribution in [0.15, 0.2) is 18.3 Å². The van der Waals surface area contributed by atoms with E-state index >= 15 is 0 Å². The van der Waals surface area contributed by atoms with Crippen LogP contribution >= 0.6 is 22.9 Å². The topological polar surface area (TPSA) is 70.8 Å². The van der Waals surface area contributed by atoms with Gasteiger partial charge in [0.1, 0.15) is 10.9 Å². The zero-order chi connectivity index (χ0) is 13.0. The number of thiazole rings is 1. The third-order valence-corrected chi connectivity index (χ3v) is 3.46. The maximum Gasteiger partial charge on any atom is 0.218 e. The standard InChI is InChI=1S/C11H9ClN4OS/c1-17-10-7(3-2-4-14-10)6-15-11-16-9(12)8(5-13)18-11/h2-4H,6H2,1H3,(H,15,16). The summed E-state index contributed by atoms with van der Waals surface area (Å²) >= 11 is 7.00. The van der Waals surface area contributed by atoms with Gasteiger partial charge in [0.25, 0.3) is 0 Å². The number of rotatable bonds is 4. The number of methoxy groups -OCH3 is 1. The Morgan fingerprint density at radius 1 is 1.61 bits per heavy atom. The van der Waals surface area contributed by atoms with E-state index in [4.69, 9.17) is 21.6 Å². The third-order valence-electron chi connectivity index (χ3n) is 2.16. The maximum absolute atomic E-state index is 8.78. The molecule has 2 heterocycles. The first-order chi connectivity index (χ1) is 8.74. The van der Waals surface area contributed by atoms with E-state index in [0.29, 0.717) is 22.4 Å². The molecule has 0 saturated carbocycles. The molecule has 0 bridgehead atoms. The van der Waals surface area contributed by atoms with E-state index < -0.39 is 0 Å². The molecule has 0 spiro atoms. The number of halogens is 1. The van der Waals surface area contributed by atoms with Crippen LogP contribution in [-0.4, -0.2) is 17.1 Å². The van der Waals surface area contributed by atoms with Crippen LogP contribution < -0.4 is 10.1 Å². The fourth-order valence-corrected chi connectivity index (χ4v) is 2.30. The van der Waals surface area contributed by atoms with Crippen LogP contribution in [0.1, 0.15) is 10.4 Å². The summed E-state index contributed by atoms with van der Waals surface area (Å²) in [4.78, 5) is 8.53. The summed E-state index contributed by atoms with van der Waals surface area (Å²) in [7, 11) is 1.57. The first-order valence-electron chi connectivity index (χ1n) is 5.02. The molecular formula is C11H9ClN4OS. The summed E-state index contributed by atoms with van der Waals surface area (Å²) in [6.45, 7) is 0.506. The Morgan fingerprint density at radius 2 is 2.44 bits per heavy atom. The highest BCUT2D eigenvalue weighted by molar-refractivity contribution is 7.16. The number of pyridine rings is 1. The number of aromatic nitrogens is 2. The van der Waals surface area contributed by atoms with Gasteiger partial charge < -0.3 is 10.1 Å². The molecule has 0 amide bonds. The largest absolute Gasteiger partial charge is 0.481 e. The van der Waals surface area contributed by atoms with Crippen LogP contribution in [0.4, 0.5) is 5.13 Å². The van der Waals surface area contributed by atoms with Crippen molar-refractivity contribution in [3.63, 3.8) is 0 Å². The van der Waals surface area contributed by atoms with E-state index in [9.17, 15) is 0 Å². The molecule has 0 aliphatic heterocycles. The van der Waals surface area contributed by atoms with Gasteiger partial charge in [-0.1, -0.05) is 29.0 Å². The minimum Gasteiger partial charge on any atom is -0.481 e. The average Bonchev–Trinajstić information content (AvgIpc) is 2.77. The molecule has 2 aromatic heterocycles. The SMILES string of the molecule is COc1ncccc1CNc1nc(Cl)c(C#N)s1. The summed E-state index contributed by atoms with van der Waals surface area (Å²) < 4.78 is 5.14. The van der Waals surface area contributed by atoms with E-state index in [1.807, 2.05) is 18.2 Å². The van der Waals surface area contributed by atoms with E-state index in [0.717, 1.165) is 5.56 Å². The van der Waals surface area contributed by atoms with Crippen molar-refractivity contribution in [2.45, 2.75) is 6.54 Å². The van der Waals surface area contributed by atoms with Gasteiger partial charge in [-0.2, -0.15) is 5.26 Å². The highest BCUT2D eigenvalue weighted by Gasteiger charge is 2.09. The smallest absolute Gasteiger partial charge is 0.218 e. The van der Waals surface area contributed by atoms with Crippen LogP contribution in [0.5, 0.6) is 5.88 Å². The Bertz CT molecular complexity index is 593. The molecule has 2 aromatic rings. The van der Waals surface area contributed by atoms with Crippen molar-refractivity contribution in [2.24, 2.45) is 0 Å². The quantitative estimate of drug-likeness (QED) is 0.932. The second-order valence-corrected chi connectivity index (χ2v) is 4.63. The highest BCUT2D eigenvalue weighted by atomic mass is 35.5. The molecule has 0 aliphatic carbocycles. The van der Waals surface area contributed by atoms with Crippen molar-refractivity contribution in [3.05, 3.63) is 33.9 Å². The molecule has 5 nitrogen and oxygen atoms in total. The van der Waals surface area contributed by atoms with Gasteiger partial charge in [0.05, 0.1) is 7.11 Å². The minimum absolute atomic E-state index is 0.225. The summed E-state index contributed by atoms with van der Waals surface area (Å²) in [6.07, 6.45) is 1.66. The Labute approximate surface area is 113 Å². The molecule has 1 N–H and O–H groups in total. The van der Waals surface area contributed by atoms with Crippen molar-refractivity contribution in [1.82, 2.24) is 9.97 Å². The molecule has 0 aromatic carbocycles. The second kappa shape index (κ2) is 5.67. The lowest BCUT2D eigenvalue weighted by Crippen LogP contribution is -2.02. The first-order valence-corrected chi connectivity index (χ1v) is 6.22. The molecule has 0 aliphatic rings. The van der Waals surface area contributed by atoms with Crippen LogP contribution in [0.25, 0.3) is 0 Å². The zero-order valence-electron chi connectivity index (χ0n) is 9.48. The summed E-state index contributed by atoms with van der Waals surface area (Å²) in [5, 5.41) is 12.7. The summed E-state index contributed by atoms with van der Waals surface area (Å²) in [5.41, 5.74) is 0.907. The predicted molar refractivity (Wildman–Crippen MR) is 70.0 cm³/mol. The van der Waals surface area contributed by atoms with Gasteiger partial charge in [-0.3, -0.25) is 0 Å². The molecule has 18 heavy (non-hydrogen) atoms. The Kier molecular flexibility index (Phi) is 3.97. The molecule has 92 valence electrons. The van der Waals surface area contributed by atoms with Gasteiger partial charge >= 0.3 is 0 Å². The fourth-order valence-electron chi connectivity index (χ4n) is 1.36. The van der Waals surface area contributed by atoms with Gasteiger partial charge in [-0.15, -0.1) is 0 Å². The van der Waals surface area contributed by atoms with E-state index in [1.165, 1.54) is 11.3 Å². The van der Waals surface area contributed by atoms with Crippen LogP contribution in [0, 0.1) is 11.3 Å². The van der Waals surface area contributed by atoms with Crippen LogP contribution in [0.3, 0.4) is 0 Å². The normalized spacial score (nSPS) is 9.83. The first kappa shape index (κ1) is 12.6. The monoisotopic (exact) mass is 280 g/mol. The fraction of sp³-hybridized carbons (Fsp3) is 0.182. The van der Waals surface area contributed by atoms with E-state index in [2.05, 4.69) is 15.3 Å². The van der Waals surface area contributed by atoms with Gasteiger partial charge in [-0.05, 0) is 6.07 Å². The number of anilines is 1. The number of hydrogen-bond donors (Lipinski definition) is 1. The lowest BCUT2D eigenvalue weighted by molar-refractivity contribution is 0.393. The average molecular weight is 281 g/mol. The zero-order valence-corrected chi connectivity index (χ0v) is 11.0. The Balaban J connectivity index is 2.09. The number of nitrogens with zero attached hydrogens (tertiary/aromatic N) is 3. The van der Waals surface area contributed by atoms with Gasteiger partial charge in [0, 0.05) is 18.3 Å². The lowest BCUT2D eigenvalue weighted by Gasteiger charge is -2.06. The summed E-state index contributed by atoms with van der Waals surface area (Å²) in [6, 6.07) is 5.71. The number of nitriles is 1. The molecule has 0 radical (unpaired) electrons. The molecule has 0 unspecified atom stereocenters. The maximum atomic E-state index is 8.78. The Morgan fingerprint density at radius 3 is 3.11 bits per heavy atom. The highest BCUT2D eigenvalue weighted by Crippen LogP contribution is 2.26. The van der Waals surface area contributed by atoms with Crippen LogP contribution in [0.2, 0.25) is 5.15 Å². The second-order valence-electron chi connectivity index (χ2n) is 3.28. The lowest BCUT2D eigenvalue weighted by atomic mass is 10.3. The predicted octanol–water partition coefficient (Wildman–Crippen LogP) is 2.68. The van der Waals surface area contributed by atoms with Crippen molar-refractivity contribution in [3.8, 4) is 11.9 Å². The molecule has 7 heteroatoms. The molecular weight excluding hydrogens is 272 g/mol. The van der Waals surface area contributed by atoms with Gasteiger partial charge in [0.15, 0.2) is 10.3 Å². The summed E-state index contributed by atoms with van der Waals surface area (Å²) in [5.74, 6) is 0.563. The number of hydrogen-bond acceptors (Lipinski definition) is 6. The third kappa shape index (κ3) is 2.70. The Hall–Kier alpha value is -1.84. The minimum atomic E-state index is 0.225. The van der Waals surface area contributed by atoms with Crippen LogP contribution in [-0.2, 0) is 6.54 Å². The van der Waals surface area contributed by atoms with Crippen molar-refractivity contribution in [2.75, 3.05) is 12.4 Å². The van der Waals surface area contributed by atoms with Gasteiger partial charge in [0.2, 0.25) is 5.88 Å². The van der Waals surface area contributed by atoms with E-state index in [1.54, 1.807) is 13.3 Å². The molecule has 0 saturated heterocycles. The molecule has 2 rings (SSSR count). The van der Waals surface area contributed by atoms with Crippen molar-refractivity contribution < 1.29 is 4.74 Å². The van der Waals surface area contributed by atoms with Crippen molar-refractivity contribution in [1.29, 1.82) is 5.26 Å².